The van der Waals surface area contributed by atoms with Crippen LogP contribution < -0.4 is 0 Å². The number of hydrogen-bond donors (Lipinski definition) is 1. The Morgan fingerprint density at radius 3 is 2.71 bits per heavy atom. The normalized spacial score (nSPS) is 26.4. The zero-order valence-electron chi connectivity index (χ0n) is 10.3. The molecule has 2 rings (SSSR count). The predicted octanol–water partition coefficient (Wildman–Crippen LogP) is -0.308. The fourth-order valence-electron chi connectivity index (χ4n) is 2.44. The van der Waals surface area contributed by atoms with Gasteiger partial charge in [-0.3, -0.25) is 4.79 Å². The van der Waals surface area contributed by atoms with Crippen molar-refractivity contribution in [1.82, 2.24) is 9.80 Å². The molecule has 0 spiro atoms. The van der Waals surface area contributed by atoms with Crippen LogP contribution >= 0.6 is 0 Å². The van der Waals surface area contributed by atoms with E-state index in [0.717, 1.165) is 45.6 Å². The van der Waals surface area contributed by atoms with E-state index in [4.69, 9.17) is 4.74 Å². The molecule has 1 atom stereocenters. The zero-order valence-corrected chi connectivity index (χ0v) is 10.3. The first-order valence-electron chi connectivity index (χ1n) is 6.51. The van der Waals surface area contributed by atoms with Crippen LogP contribution in [0, 0.1) is 0 Å². The first kappa shape index (κ1) is 12.8. The Bertz CT molecular complexity index is 254. The standard InChI is InChI=1S/C12H22N2O3/c15-11-3-5-13(10-11)4-1-2-12(16)14-6-8-17-9-7-14/h11,15H,1-10H2/t11-/m0/s1. The summed E-state index contributed by atoms with van der Waals surface area (Å²) in [6.45, 7) is 5.47. The molecule has 0 aromatic carbocycles. The van der Waals surface area contributed by atoms with E-state index in [1.807, 2.05) is 4.90 Å². The lowest BCUT2D eigenvalue weighted by atomic mass is 10.2. The van der Waals surface area contributed by atoms with Crippen molar-refractivity contribution in [3.05, 3.63) is 0 Å². The lowest BCUT2D eigenvalue weighted by Gasteiger charge is -2.27. The minimum Gasteiger partial charge on any atom is -0.392 e. The Kier molecular flexibility index (Phi) is 4.76. The molecular formula is C12H22N2O3. The summed E-state index contributed by atoms with van der Waals surface area (Å²) in [6.07, 6.45) is 2.22. The van der Waals surface area contributed by atoms with Gasteiger partial charge in [-0.2, -0.15) is 0 Å². The minimum absolute atomic E-state index is 0.162. The maximum Gasteiger partial charge on any atom is 0.222 e. The number of morpholine rings is 1. The second-order valence-corrected chi connectivity index (χ2v) is 4.84. The minimum atomic E-state index is -0.162. The molecule has 2 saturated heterocycles. The summed E-state index contributed by atoms with van der Waals surface area (Å²) < 4.78 is 5.22. The van der Waals surface area contributed by atoms with Crippen LogP contribution in [0.5, 0.6) is 0 Å². The molecule has 5 nitrogen and oxygen atoms in total. The highest BCUT2D eigenvalue weighted by Gasteiger charge is 2.20. The number of carbonyl (C=O) groups excluding carboxylic acids is 1. The van der Waals surface area contributed by atoms with Gasteiger partial charge in [0.2, 0.25) is 5.91 Å². The van der Waals surface area contributed by atoms with Crippen molar-refractivity contribution in [3.8, 4) is 0 Å². The van der Waals surface area contributed by atoms with Crippen LogP contribution in [-0.2, 0) is 9.53 Å². The van der Waals surface area contributed by atoms with Crippen molar-refractivity contribution in [2.24, 2.45) is 0 Å². The van der Waals surface area contributed by atoms with Crippen LogP contribution in [0.15, 0.2) is 0 Å². The maximum atomic E-state index is 11.8. The van der Waals surface area contributed by atoms with E-state index in [-0.39, 0.29) is 12.0 Å². The molecule has 0 aliphatic carbocycles. The molecule has 2 aliphatic heterocycles. The zero-order chi connectivity index (χ0) is 12.1. The van der Waals surface area contributed by atoms with E-state index in [1.165, 1.54) is 0 Å². The third-order valence-corrected chi connectivity index (χ3v) is 3.48. The number of hydrogen-bond acceptors (Lipinski definition) is 4. The number of rotatable bonds is 4. The molecule has 2 heterocycles. The average molecular weight is 242 g/mol. The van der Waals surface area contributed by atoms with Crippen molar-refractivity contribution < 1.29 is 14.6 Å². The molecule has 5 heteroatoms. The summed E-state index contributed by atoms with van der Waals surface area (Å²) in [7, 11) is 0. The monoisotopic (exact) mass is 242 g/mol. The quantitative estimate of drug-likeness (QED) is 0.735. The van der Waals surface area contributed by atoms with Gasteiger partial charge in [-0.05, 0) is 19.4 Å². The smallest absolute Gasteiger partial charge is 0.222 e. The van der Waals surface area contributed by atoms with Crippen molar-refractivity contribution in [1.29, 1.82) is 0 Å². The molecule has 0 bridgehead atoms. The number of β-amino-alcohol motifs (C(OH)–C–C–N with tert-alkyl or cyclic N) is 1. The van der Waals surface area contributed by atoms with E-state index in [2.05, 4.69) is 4.90 Å². The van der Waals surface area contributed by atoms with Gasteiger partial charge in [-0.1, -0.05) is 0 Å². The van der Waals surface area contributed by atoms with Crippen molar-refractivity contribution in [3.63, 3.8) is 0 Å². The van der Waals surface area contributed by atoms with Gasteiger partial charge in [0.15, 0.2) is 0 Å². The van der Waals surface area contributed by atoms with Gasteiger partial charge < -0.3 is 19.6 Å². The van der Waals surface area contributed by atoms with Crippen LogP contribution in [0.2, 0.25) is 0 Å². The molecule has 98 valence electrons. The SMILES string of the molecule is O=C(CCCN1CC[C@H](O)C1)N1CCOCC1. The Labute approximate surface area is 102 Å². The maximum absolute atomic E-state index is 11.8. The van der Waals surface area contributed by atoms with E-state index in [1.54, 1.807) is 0 Å². The summed E-state index contributed by atoms with van der Waals surface area (Å²) in [6, 6.07) is 0. The van der Waals surface area contributed by atoms with Crippen LogP contribution in [-0.4, -0.2) is 72.9 Å². The van der Waals surface area contributed by atoms with Gasteiger partial charge in [0.05, 0.1) is 19.3 Å². The number of aliphatic hydroxyl groups is 1. The Balaban J connectivity index is 1.59. The Morgan fingerprint density at radius 1 is 1.29 bits per heavy atom. The highest BCUT2D eigenvalue weighted by molar-refractivity contribution is 5.76. The van der Waals surface area contributed by atoms with Crippen LogP contribution in [0.4, 0.5) is 0 Å². The molecule has 0 unspecified atom stereocenters. The fourth-order valence-corrected chi connectivity index (χ4v) is 2.44. The number of ether oxygens (including phenoxy) is 1. The number of carbonyl (C=O) groups is 1. The summed E-state index contributed by atoms with van der Waals surface area (Å²) in [5.41, 5.74) is 0. The molecule has 0 aromatic heterocycles. The second kappa shape index (κ2) is 6.33. The fraction of sp³-hybridized carbons (Fsp3) is 0.917. The average Bonchev–Trinajstić information content (AvgIpc) is 2.76. The lowest BCUT2D eigenvalue weighted by molar-refractivity contribution is -0.135. The van der Waals surface area contributed by atoms with E-state index < -0.39 is 0 Å². The molecule has 0 radical (unpaired) electrons. The van der Waals surface area contributed by atoms with Gasteiger partial charge in [-0.15, -0.1) is 0 Å². The van der Waals surface area contributed by atoms with Gasteiger partial charge in [0.25, 0.3) is 0 Å². The van der Waals surface area contributed by atoms with Gasteiger partial charge in [0, 0.05) is 32.6 Å². The summed E-state index contributed by atoms with van der Waals surface area (Å²) in [5.74, 6) is 0.244. The predicted molar refractivity (Wildman–Crippen MR) is 63.7 cm³/mol. The van der Waals surface area contributed by atoms with E-state index in [0.29, 0.717) is 19.6 Å². The number of likely N-dealkylation sites (tertiary alicyclic amines) is 1. The highest BCUT2D eigenvalue weighted by Crippen LogP contribution is 2.10. The van der Waals surface area contributed by atoms with Crippen LogP contribution in [0.1, 0.15) is 19.3 Å². The summed E-state index contributed by atoms with van der Waals surface area (Å²) in [5, 5.41) is 9.38. The first-order valence-corrected chi connectivity index (χ1v) is 6.51. The molecular weight excluding hydrogens is 220 g/mol. The van der Waals surface area contributed by atoms with Gasteiger partial charge >= 0.3 is 0 Å². The molecule has 1 amide bonds. The van der Waals surface area contributed by atoms with E-state index >= 15 is 0 Å². The topological polar surface area (TPSA) is 53.0 Å². The van der Waals surface area contributed by atoms with Crippen LogP contribution in [0.3, 0.4) is 0 Å². The Morgan fingerprint density at radius 2 is 2.06 bits per heavy atom. The number of amides is 1. The van der Waals surface area contributed by atoms with Crippen LogP contribution in [0.25, 0.3) is 0 Å². The summed E-state index contributed by atoms with van der Waals surface area (Å²) >= 11 is 0. The second-order valence-electron chi connectivity index (χ2n) is 4.84. The number of aliphatic hydroxyl groups excluding tert-OH is 1. The lowest BCUT2D eigenvalue weighted by Crippen LogP contribution is -2.40. The molecule has 2 aliphatic rings. The molecule has 2 fully saturated rings. The largest absolute Gasteiger partial charge is 0.392 e. The third kappa shape index (κ3) is 3.94. The summed E-state index contributed by atoms with van der Waals surface area (Å²) in [4.78, 5) is 16.0. The number of nitrogens with zero attached hydrogens (tertiary/aromatic N) is 2. The van der Waals surface area contributed by atoms with Crippen molar-refractivity contribution in [2.75, 3.05) is 45.9 Å². The Hall–Kier alpha value is -0.650. The van der Waals surface area contributed by atoms with E-state index in [9.17, 15) is 9.90 Å². The van der Waals surface area contributed by atoms with Crippen molar-refractivity contribution >= 4 is 5.91 Å². The molecule has 0 saturated carbocycles. The van der Waals surface area contributed by atoms with Gasteiger partial charge in [-0.25, -0.2) is 0 Å². The first-order chi connectivity index (χ1) is 8.25. The molecule has 17 heavy (non-hydrogen) atoms. The third-order valence-electron chi connectivity index (χ3n) is 3.48. The van der Waals surface area contributed by atoms with Gasteiger partial charge in [0.1, 0.15) is 0 Å². The molecule has 0 aromatic rings. The molecule has 1 N–H and O–H groups in total. The van der Waals surface area contributed by atoms with Crippen molar-refractivity contribution in [2.45, 2.75) is 25.4 Å². The highest BCUT2D eigenvalue weighted by atomic mass is 16.5.